The molecule has 0 fully saturated rings. The molecule has 2 amide bonds. The summed E-state index contributed by atoms with van der Waals surface area (Å²) in [5.41, 5.74) is 2.07. The molecule has 0 unspecified atom stereocenters. The molecule has 1 N–H and O–H groups in total. The highest BCUT2D eigenvalue weighted by Crippen LogP contribution is 2.25. The third-order valence-electron chi connectivity index (χ3n) is 6.07. The lowest BCUT2D eigenvalue weighted by Gasteiger charge is -2.32. The van der Waals surface area contributed by atoms with Gasteiger partial charge in [-0.25, -0.2) is 8.42 Å². The number of likely N-dealkylation sites (N-methyl/N-ethyl adjacent to an activating group) is 1. The monoisotopic (exact) mass is 575 g/mol. The van der Waals surface area contributed by atoms with Gasteiger partial charge in [-0.05, 0) is 41.8 Å². The number of nitrogens with one attached hydrogen (secondary N) is 1. The second-order valence-corrected chi connectivity index (χ2v) is 11.6. The number of carbonyl (C=O) groups is 2. The molecule has 0 radical (unpaired) electrons. The van der Waals surface area contributed by atoms with Crippen molar-refractivity contribution >= 4 is 50.7 Å². The molecule has 0 bridgehead atoms. The van der Waals surface area contributed by atoms with Crippen LogP contribution in [0.3, 0.4) is 0 Å². The van der Waals surface area contributed by atoms with Crippen LogP contribution in [-0.4, -0.2) is 51.0 Å². The zero-order valence-electron chi connectivity index (χ0n) is 21.3. The van der Waals surface area contributed by atoms with E-state index in [1.165, 1.54) is 16.3 Å². The van der Waals surface area contributed by atoms with Crippen molar-refractivity contribution in [1.82, 2.24) is 10.2 Å². The number of sulfonamides is 1. The second kappa shape index (κ2) is 13.6. The Morgan fingerprint density at radius 2 is 1.58 bits per heavy atom. The minimum atomic E-state index is -3.55. The van der Waals surface area contributed by atoms with E-state index in [9.17, 15) is 18.0 Å². The molecule has 0 saturated carbocycles. The Labute approximate surface area is 234 Å². The van der Waals surface area contributed by atoms with Crippen molar-refractivity contribution in [1.29, 1.82) is 0 Å². The third-order valence-corrected chi connectivity index (χ3v) is 7.85. The van der Waals surface area contributed by atoms with Crippen LogP contribution in [0, 0.1) is 0 Å². The number of rotatable bonds is 12. The molecule has 10 heteroatoms. The van der Waals surface area contributed by atoms with Crippen LogP contribution in [0.15, 0.2) is 78.9 Å². The minimum absolute atomic E-state index is 0.0341. The summed E-state index contributed by atoms with van der Waals surface area (Å²) in [6, 6.07) is 22.4. The summed E-state index contributed by atoms with van der Waals surface area (Å²) >= 11 is 12.5. The van der Waals surface area contributed by atoms with Crippen molar-refractivity contribution in [2.45, 2.75) is 31.8 Å². The van der Waals surface area contributed by atoms with Crippen molar-refractivity contribution in [2.75, 3.05) is 24.2 Å². The normalized spacial score (nSPS) is 12.0. The smallest absolute Gasteiger partial charge is 0.242 e. The summed E-state index contributed by atoms with van der Waals surface area (Å²) in [4.78, 5) is 28.2. The van der Waals surface area contributed by atoms with Crippen LogP contribution in [0.2, 0.25) is 10.0 Å². The number of amides is 2. The Balaban J connectivity index is 1.86. The molecule has 0 saturated heterocycles. The van der Waals surface area contributed by atoms with Crippen LogP contribution >= 0.6 is 23.2 Å². The van der Waals surface area contributed by atoms with Crippen LogP contribution in [-0.2, 0) is 32.6 Å². The van der Waals surface area contributed by atoms with Crippen molar-refractivity contribution in [3.05, 3.63) is 100 Å². The zero-order valence-corrected chi connectivity index (χ0v) is 23.6. The molecule has 0 aromatic heterocycles. The molecular formula is C28H31Cl2N3O4S. The van der Waals surface area contributed by atoms with E-state index in [4.69, 9.17) is 23.2 Å². The fourth-order valence-electron chi connectivity index (χ4n) is 4.15. The van der Waals surface area contributed by atoms with Gasteiger partial charge in [0.15, 0.2) is 0 Å². The van der Waals surface area contributed by atoms with Gasteiger partial charge in [-0.3, -0.25) is 13.9 Å². The molecule has 0 heterocycles. The van der Waals surface area contributed by atoms with Crippen LogP contribution in [0.25, 0.3) is 0 Å². The molecule has 202 valence electrons. The van der Waals surface area contributed by atoms with Gasteiger partial charge in [-0.1, -0.05) is 77.8 Å². The molecule has 38 heavy (non-hydrogen) atoms. The Morgan fingerprint density at radius 1 is 0.947 bits per heavy atom. The fraction of sp³-hybridized carbons (Fsp3) is 0.286. The summed E-state index contributed by atoms with van der Waals surface area (Å²) in [6.45, 7) is 0.210. The highest BCUT2D eigenvalue weighted by Gasteiger charge is 2.30. The lowest BCUT2D eigenvalue weighted by molar-refractivity contribution is -0.141. The van der Waals surface area contributed by atoms with E-state index in [2.05, 4.69) is 5.32 Å². The molecule has 0 spiro atoms. The van der Waals surface area contributed by atoms with Crippen molar-refractivity contribution in [2.24, 2.45) is 0 Å². The summed E-state index contributed by atoms with van der Waals surface area (Å²) in [6.07, 6.45) is 1.73. The van der Waals surface area contributed by atoms with Crippen LogP contribution in [0.4, 0.5) is 5.69 Å². The van der Waals surface area contributed by atoms with Crippen LogP contribution in [0.1, 0.15) is 24.0 Å². The minimum Gasteiger partial charge on any atom is -0.357 e. The Hall–Kier alpha value is -3.07. The summed E-state index contributed by atoms with van der Waals surface area (Å²) < 4.78 is 26.2. The summed E-state index contributed by atoms with van der Waals surface area (Å²) in [7, 11) is -2.02. The van der Waals surface area contributed by atoms with E-state index in [1.54, 1.807) is 48.5 Å². The Bertz CT molecular complexity index is 1340. The number of benzene rings is 3. The van der Waals surface area contributed by atoms with Gasteiger partial charge in [0.2, 0.25) is 21.8 Å². The highest BCUT2D eigenvalue weighted by molar-refractivity contribution is 7.92. The quantitative estimate of drug-likeness (QED) is 0.332. The maximum absolute atomic E-state index is 13.7. The van der Waals surface area contributed by atoms with E-state index < -0.39 is 16.1 Å². The number of anilines is 1. The number of para-hydroxylation sites is 1. The fourth-order valence-corrected chi connectivity index (χ4v) is 5.59. The van der Waals surface area contributed by atoms with Gasteiger partial charge in [0, 0.05) is 43.0 Å². The first-order chi connectivity index (χ1) is 18.1. The average molecular weight is 577 g/mol. The predicted octanol–water partition coefficient (Wildman–Crippen LogP) is 4.93. The predicted molar refractivity (Wildman–Crippen MR) is 153 cm³/mol. The number of hydrogen-bond donors (Lipinski definition) is 1. The van der Waals surface area contributed by atoms with Gasteiger partial charge in [-0.2, -0.15) is 0 Å². The Morgan fingerprint density at radius 3 is 2.16 bits per heavy atom. The van der Waals surface area contributed by atoms with Gasteiger partial charge >= 0.3 is 0 Å². The van der Waals surface area contributed by atoms with Crippen LogP contribution in [0.5, 0.6) is 0 Å². The van der Waals surface area contributed by atoms with Crippen molar-refractivity contribution in [3.63, 3.8) is 0 Å². The largest absolute Gasteiger partial charge is 0.357 e. The summed E-state index contributed by atoms with van der Waals surface area (Å²) in [5.74, 6) is -0.601. The van der Waals surface area contributed by atoms with E-state index in [-0.39, 0.29) is 37.7 Å². The first-order valence-electron chi connectivity index (χ1n) is 12.1. The first kappa shape index (κ1) is 29.5. The van der Waals surface area contributed by atoms with E-state index in [0.717, 1.165) is 11.8 Å². The highest BCUT2D eigenvalue weighted by atomic mass is 35.5. The number of carbonyl (C=O) groups excluding carboxylic acids is 2. The molecule has 3 rings (SSSR count). The standard InChI is InChI=1S/C28H31Cl2N3O4S/c1-31-28(35)26(18-21-10-5-3-6-11-21)32(20-22-15-16-23(29)19-25(22)30)27(34)14-9-17-33(38(2,36)37)24-12-7-4-8-13-24/h3-8,10-13,15-16,19,26H,9,14,17-18,20H2,1-2H3,(H,31,35)/t26-/m1/s1. The van der Waals surface area contributed by atoms with Crippen molar-refractivity contribution in [3.8, 4) is 0 Å². The number of halogens is 2. The number of nitrogens with zero attached hydrogens (tertiary/aromatic N) is 2. The Kier molecular flexibility index (Phi) is 10.6. The maximum Gasteiger partial charge on any atom is 0.242 e. The lowest BCUT2D eigenvalue weighted by atomic mass is 10.0. The van der Waals surface area contributed by atoms with E-state index in [1.807, 2.05) is 30.3 Å². The molecule has 3 aromatic rings. The zero-order chi connectivity index (χ0) is 27.7. The molecule has 1 atom stereocenters. The van der Waals surface area contributed by atoms with Gasteiger partial charge in [0.05, 0.1) is 11.9 Å². The topological polar surface area (TPSA) is 86.8 Å². The second-order valence-electron chi connectivity index (χ2n) is 8.85. The number of hydrogen-bond acceptors (Lipinski definition) is 4. The van der Waals surface area contributed by atoms with Gasteiger partial charge < -0.3 is 10.2 Å². The molecule has 0 aliphatic rings. The first-order valence-corrected chi connectivity index (χ1v) is 14.7. The molecule has 7 nitrogen and oxygen atoms in total. The van der Waals surface area contributed by atoms with E-state index >= 15 is 0 Å². The molecule has 0 aliphatic carbocycles. The molecule has 0 aliphatic heterocycles. The molecule has 3 aromatic carbocycles. The van der Waals surface area contributed by atoms with Crippen molar-refractivity contribution < 1.29 is 18.0 Å². The maximum atomic E-state index is 13.7. The van der Waals surface area contributed by atoms with Crippen LogP contribution < -0.4 is 9.62 Å². The summed E-state index contributed by atoms with van der Waals surface area (Å²) in [5, 5.41) is 3.52. The van der Waals surface area contributed by atoms with Gasteiger partial charge in [-0.15, -0.1) is 0 Å². The lowest BCUT2D eigenvalue weighted by Crippen LogP contribution is -2.49. The van der Waals surface area contributed by atoms with E-state index in [0.29, 0.717) is 27.7 Å². The average Bonchev–Trinajstić information content (AvgIpc) is 2.89. The SMILES string of the molecule is CNC(=O)[C@@H](Cc1ccccc1)N(Cc1ccc(Cl)cc1Cl)C(=O)CCCN(c1ccccc1)S(C)(=O)=O. The third kappa shape index (κ3) is 8.21. The van der Waals surface area contributed by atoms with Gasteiger partial charge in [0.1, 0.15) is 6.04 Å². The molecular weight excluding hydrogens is 545 g/mol. The van der Waals surface area contributed by atoms with Gasteiger partial charge in [0.25, 0.3) is 0 Å².